The van der Waals surface area contributed by atoms with E-state index in [-0.39, 0.29) is 11.9 Å². The average molecular weight is 161 g/mol. The standard InChI is InChI=1S/C8H7N3O/c9-5-1-2-7-6(3-5)8(12)11-4-10-7/h1-5H,9H2. The predicted octanol–water partition coefficient (Wildman–Crippen LogP) is -0.181. The normalized spacial score (nSPS) is 26.4. The van der Waals surface area contributed by atoms with Crippen LogP contribution >= 0.6 is 0 Å². The summed E-state index contributed by atoms with van der Waals surface area (Å²) in [5.74, 6) is -0.264. The quantitative estimate of drug-likeness (QED) is 0.535. The molecule has 1 atom stereocenters. The number of allylic oxidation sites excluding steroid dienone is 1. The smallest absolute Gasteiger partial charge is 0.280 e. The summed E-state index contributed by atoms with van der Waals surface area (Å²) in [6, 6.07) is -0.198. The Morgan fingerprint density at radius 2 is 2.33 bits per heavy atom. The third kappa shape index (κ3) is 1.02. The van der Waals surface area contributed by atoms with Crippen LogP contribution < -0.4 is 5.73 Å². The zero-order chi connectivity index (χ0) is 8.55. The largest absolute Gasteiger partial charge is 0.321 e. The maximum atomic E-state index is 11.1. The number of fused-ring (bicyclic) bond motifs is 1. The summed E-state index contributed by atoms with van der Waals surface area (Å²) < 4.78 is 0. The molecule has 0 aromatic heterocycles. The van der Waals surface area contributed by atoms with Gasteiger partial charge >= 0.3 is 0 Å². The van der Waals surface area contributed by atoms with Gasteiger partial charge in [0.05, 0.1) is 11.3 Å². The zero-order valence-corrected chi connectivity index (χ0v) is 6.27. The van der Waals surface area contributed by atoms with E-state index in [4.69, 9.17) is 5.73 Å². The van der Waals surface area contributed by atoms with E-state index in [2.05, 4.69) is 9.98 Å². The van der Waals surface area contributed by atoms with Gasteiger partial charge in [-0.1, -0.05) is 6.08 Å². The van der Waals surface area contributed by atoms with Crippen LogP contribution in [0, 0.1) is 0 Å². The van der Waals surface area contributed by atoms with Crippen LogP contribution in [-0.2, 0) is 4.79 Å². The molecule has 0 spiro atoms. The Labute approximate surface area is 69.2 Å². The Bertz CT molecular complexity index is 349. The summed E-state index contributed by atoms with van der Waals surface area (Å²) in [6.45, 7) is 0. The van der Waals surface area contributed by atoms with E-state index in [9.17, 15) is 4.79 Å². The number of carbonyl (C=O) groups is 1. The molecular formula is C8H7N3O. The van der Waals surface area contributed by atoms with Gasteiger partial charge < -0.3 is 5.73 Å². The van der Waals surface area contributed by atoms with Gasteiger partial charge in [-0.25, -0.2) is 4.99 Å². The van der Waals surface area contributed by atoms with Crippen molar-refractivity contribution < 1.29 is 4.79 Å². The Hall–Kier alpha value is -1.55. The van der Waals surface area contributed by atoms with E-state index in [0.717, 1.165) is 0 Å². The minimum Gasteiger partial charge on any atom is -0.321 e. The topological polar surface area (TPSA) is 67.8 Å². The predicted molar refractivity (Wildman–Crippen MR) is 46.1 cm³/mol. The highest BCUT2D eigenvalue weighted by Gasteiger charge is 2.19. The minimum absolute atomic E-state index is 0.198. The number of rotatable bonds is 0. The van der Waals surface area contributed by atoms with Gasteiger partial charge in [-0.3, -0.25) is 4.79 Å². The van der Waals surface area contributed by atoms with Gasteiger partial charge in [0.25, 0.3) is 5.91 Å². The molecule has 4 nitrogen and oxygen atoms in total. The van der Waals surface area contributed by atoms with E-state index in [0.29, 0.717) is 11.3 Å². The van der Waals surface area contributed by atoms with Gasteiger partial charge in [-0.15, -0.1) is 0 Å². The molecule has 0 saturated carbocycles. The number of aliphatic imine (C=N–C) groups is 2. The Balaban J connectivity index is 2.46. The Morgan fingerprint density at radius 1 is 1.50 bits per heavy atom. The summed E-state index contributed by atoms with van der Waals surface area (Å²) in [6.07, 6.45) is 6.45. The lowest BCUT2D eigenvalue weighted by molar-refractivity contribution is -0.113. The van der Waals surface area contributed by atoms with Crippen LogP contribution in [0.4, 0.5) is 0 Å². The lowest BCUT2D eigenvalue weighted by Gasteiger charge is -2.13. The first-order valence-electron chi connectivity index (χ1n) is 3.58. The van der Waals surface area contributed by atoms with Crippen LogP contribution in [0.1, 0.15) is 0 Å². The van der Waals surface area contributed by atoms with Crippen LogP contribution in [-0.4, -0.2) is 24.0 Å². The fourth-order valence-corrected chi connectivity index (χ4v) is 1.13. The molecule has 60 valence electrons. The second-order valence-corrected chi connectivity index (χ2v) is 2.58. The van der Waals surface area contributed by atoms with Crippen LogP contribution in [0.5, 0.6) is 0 Å². The maximum absolute atomic E-state index is 11.1. The summed E-state index contributed by atoms with van der Waals surface area (Å²) in [7, 11) is 0. The summed E-state index contributed by atoms with van der Waals surface area (Å²) in [5.41, 5.74) is 6.74. The van der Waals surface area contributed by atoms with Crippen molar-refractivity contribution in [3.05, 3.63) is 23.8 Å². The van der Waals surface area contributed by atoms with Crippen LogP contribution in [0.25, 0.3) is 0 Å². The third-order valence-corrected chi connectivity index (χ3v) is 1.71. The van der Waals surface area contributed by atoms with E-state index < -0.39 is 0 Å². The van der Waals surface area contributed by atoms with E-state index in [1.54, 1.807) is 18.2 Å². The van der Waals surface area contributed by atoms with E-state index in [1.165, 1.54) is 6.34 Å². The third-order valence-electron chi connectivity index (χ3n) is 1.71. The van der Waals surface area contributed by atoms with Gasteiger partial charge in [0.1, 0.15) is 6.34 Å². The SMILES string of the molecule is NC1C=CC2=NC=NC(=O)C2=C1. The van der Waals surface area contributed by atoms with Crippen molar-refractivity contribution in [2.45, 2.75) is 6.04 Å². The molecule has 1 unspecified atom stereocenters. The van der Waals surface area contributed by atoms with E-state index >= 15 is 0 Å². The molecule has 1 aliphatic heterocycles. The highest BCUT2D eigenvalue weighted by Crippen LogP contribution is 2.12. The molecule has 0 aromatic carbocycles. The summed E-state index contributed by atoms with van der Waals surface area (Å²) >= 11 is 0. The summed E-state index contributed by atoms with van der Waals surface area (Å²) in [4.78, 5) is 18.6. The van der Waals surface area contributed by atoms with Crippen molar-refractivity contribution in [2.24, 2.45) is 15.7 Å². The molecule has 2 aliphatic rings. The molecule has 0 fully saturated rings. The molecule has 2 N–H and O–H groups in total. The van der Waals surface area contributed by atoms with Gasteiger partial charge in [0.2, 0.25) is 0 Å². The number of amides is 1. The first-order chi connectivity index (χ1) is 5.77. The first-order valence-corrected chi connectivity index (χ1v) is 3.58. The molecule has 12 heavy (non-hydrogen) atoms. The molecule has 1 aliphatic carbocycles. The van der Waals surface area contributed by atoms with Crippen molar-refractivity contribution in [3.8, 4) is 0 Å². The molecule has 0 aromatic rings. The fraction of sp³-hybridized carbons (Fsp3) is 0.125. The lowest BCUT2D eigenvalue weighted by Crippen LogP contribution is -2.24. The van der Waals surface area contributed by atoms with E-state index in [1.807, 2.05) is 0 Å². The van der Waals surface area contributed by atoms with Crippen LogP contribution in [0.3, 0.4) is 0 Å². The van der Waals surface area contributed by atoms with Crippen molar-refractivity contribution in [1.82, 2.24) is 0 Å². The van der Waals surface area contributed by atoms with Gasteiger partial charge in [-0.05, 0) is 12.2 Å². The Morgan fingerprint density at radius 3 is 3.17 bits per heavy atom. The number of carbonyl (C=O) groups excluding carboxylic acids is 1. The zero-order valence-electron chi connectivity index (χ0n) is 6.27. The maximum Gasteiger partial charge on any atom is 0.280 e. The second kappa shape index (κ2) is 2.49. The molecule has 0 saturated heterocycles. The van der Waals surface area contributed by atoms with Crippen molar-refractivity contribution in [2.75, 3.05) is 0 Å². The van der Waals surface area contributed by atoms with Gasteiger partial charge in [0, 0.05) is 6.04 Å². The highest BCUT2D eigenvalue weighted by molar-refractivity contribution is 6.30. The summed E-state index contributed by atoms with van der Waals surface area (Å²) in [5, 5.41) is 0. The van der Waals surface area contributed by atoms with Crippen LogP contribution in [0.15, 0.2) is 33.8 Å². The van der Waals surface area contributed by atoms with Crippen molar-refractivity contribution in [1.29, 1.82) is 0 Å². The molecule has 1 heterocycles. The molecule has 0 bridgehead atoms. The Kier molecular flexibility index (Phi) is 1.48. The number of nitrogens with zero attached hydrogens (tertiary/aromatic N) is 2. The van der Waals surface area contributed by atoms with Crippen molar-refractivity contribution >= 4 is 18.0 Å². The molecule has 2 rings (SSSR count). The first kappa shape index (κ1) is 7.12. The molecule has 4 heteroatoms. The van der Waals surface area contributed by atoms with Gasteiger partial charge in [0.15, 0.2) is 0 Å². The number of nitrogens with two attached hydrogens (primary N) is 1. The average Bonchev–Trinajstić information content (AvgIpc) is 2.07. The fourth-order valence-electron chi connectivity index (χ4n) is 1.13. The molecular weight excluding hydrogens is 154 g/mol. The second-order valence-electron chi connectivity index (χ2n) is 2.58. The number of hydrogen-bond acceptors (Lipinski definition) is 3. The minimum atomic E-state index is -0.264. The number of hydrogen-bond donors (Lipinski definition) is 1. The monoisotopic (exact) mass is 161 g/mol. The lowest BCUT2D eigenvalue weighted by atomic mass is 10.00. The highest BCUT2D eigenvalue weighted by atomic mass is 16.1. The van der Waals surface area contributed by atoms with Crippen LogP contribution in [0.2, 0.25) is 0 Å². The molecule has 0 radical (unpaired) electrons. The molecule has 1 amide bonds. The van der Waals surface area contributed by atoms with Gasteiger partial charge in [-0.2, -0.15) is 4.99 Å². The van der Waals surface area contributed by atoms with Crippen molar-refractivity contribution in [3.63, 3.8) is 0 Å².